The van der Waals surface area contributed by atoms with Crippen LogP contribution in [-0.4, -0.2) is 15.5 Å². The van der Waals surface area contributed by atoms with E-state index in [0.29, 0.717) is 21.9 Å². The molecule has 0 atom stereocenters. The Labute approximate surface area is 117 Å². The Balaban J connectivity index is 2.31. The van der Waals surface area contributed by atoms with Crippen molar-refractivity contribution in [3.8, 4) is 0 Å². The molecular formula is C11H11BrN4OS. The standard InChI is InChI=1S/C11H11BrN4OS/c1-5-3-7(12)9(8(13)4-5)14-11(17)10-6(2)15-16-18-10/h3-4H,13H2,1-2H3,(H,14,17). The van der Waals surface area contributed by atoms with Crippen LogP contribution in [0.5, 0.6) is 0 Å². The molecule has 94 valence electrons. The van der Waals surface area contributed by atoms with Gasteiger partial charge in [-0.25, -0.2) is 0 Å². The van der Waals surface area contributed by atoms with Gasteiger partial charge in [0.15, 0.2) is 0 Å². The number of benzene rings is 1. The van der Waals surface area contributed by atoms with E-state index >= 15 is 0 Å². The van der Waals surface area contributed by atoms with Gasteiger partial charge < -0.3 is 11.1 Å². The van der Waals surface area contributed by atoms with Gasteiger partial charge >= 0.3 is 0 Å². The lowest BCUT2D eigenvalue weighted by Gasteiger charge is -2.10. The number of nitrogens with zero attached hydrogens (tertiary/aromatic N) is 2. The van der Waals surface area contributed by atoms with E-state index in [0.717, 1.165) is 21.6 Å². The first kappa shape index (κ1) is 13.0. The van der Waals surface area contributed by atoms with Crippen LogP contribution in [0.2, 0.25) is 0 Å². The summed E-state index contributed by atoms with van der Waals surface area (Å²) in [6.07, 6.45) is 0. The van der Waals surface area contributed by atoms with Crippen molar-refractivity contribution in [3.63, 3.8) is 0 Å². The van der Waals surface area contributed by atoms with E-state index in [2.05, 4.69) is 30.8 Å². The molecule has 0 fully saturated rings. The summed E-state index contributed by atoms with van der Waals surface area (Å²) in [7, 11) is 0. The van der Waals surface area contributed by atoms with E-state index < -0.39 is 0 Å². The summed E-state index contributed by atoms with van der Waals surface area (Å²) in [5.41, 5.74) is 8.61. The quantitative estimate of drug-likeness (QED) is 0.831. The minimum atomic E-state index is -0.251. The molecule has 0 aliphatic carbocycles. The molecule has 0 aliphatic rings. The third-order valence-corrected chi connectivity index (χ3v) is 3.81. The lowest BCUT2D eigenvalue weighted by molar-refractivity contribution is 0.103. The molecule has 18 heavy (non-hydrogen) atoms. The van der Waals surface area contributed by atoms with Crippen molar-refractivity contribution >= 4 is 44.7 Å². The van der Waals surface area contributed by atoms with Gasteiger partial charge in [-0.3, -0.25) is 4.79 Å². The van der Waals surface area contributed by atoms with Gasteiger partial charge in [-0.15, -0.1) is 5.10 Å². The van der Waals surface area contributed by atoms with Crippen LogP contribution in [0.4, 0.5) is 11.4 Å². The van der Waals surface area contributed by atoms with Crippen molar-refractivity contribution in [2.75, 3.05) is 11.1 Å². The fourth-order valence-corrected chi connectivity index (χ4v) is 2.75. The minimum Gasteiger partial charge on any atom is -0.397 e. The van der Waals surface area contributed by atoms with Crippen molar-refractivity contribution in [1.29, 1.82) is 0 Å². The van der Waals surface area contributed by atoms with Crippen LogP contribution in [0.1, 0.15) is 20.9 Å². The number of amides is 1. The molecule has 1 aromatic heterocycles. The number of rotatable bonds is 2. The molecule has 0 radical (unpaired) electrons. The third kappa shape index (κ3) is 2.51. The number of nitrogen functional groups attached to an aromatic ring is 1. The van der Waals surface area contributed by atoms with Crippen molar-refractivity contribution in [1.82, 2.24) is 9.59 Å². The number of hydrogen-bond acceptors (Lipinski definition) is 5. The van der Waals surface area contributed by atoms with Crippen LogP contribution in [0.15, 0.2) is 16.6 Å². The summed E-state index contributed by atoms with van der Waals surface area (Å²) >= 11 is 4.45. The zero-order valence-electron chi connectivity index (χ0n) is 9.82. The highest BCUT2D eigenvalue weighted by Gasteiger charge is 2.16. The summed E-state index contributed by atoms with van der Waals surface area (Å²) in [5, 5.41) is 6.57. The van der Waals surface area contributed by atoms with Crippen molar-refractivity contribution in [3.05, 3.63) is 32.7 Å². The normalized spacial score (nSPS) is 10.4. The molecular weight excluding hydrogens is 316 g/mol. The fourth-order valence-electron chi connectivity index (χ4n) is 1.51. The molecule has 0 unspecified atom stereocenters. The maximum absolute atomic E-state index is 12.0. The SMILES string of the molecule is Cc1cc(N)c(NC(=O)c2snnc2C)c(Br)c1. The van der Waals surface area contributed by atoms with E-state index in [9.17, 15) is 4.79 Å². The number of halogens is 1. The summed E-state index contributed by atoms with van der Waals surface area (Å²) in [5.74, 6) is -0.251. The van der Waals surface area contributed by atoms with Gasteiger partial charge in [0.1, 0.15) is 4.88 Å². The highest BCUT2D eigenvalue weighted by atomic mass is 79.9. The molecule has 1 amide bonds. The van der Waals surface area contributed by atoms with E-state index in [4.69, 9.17) is 5.73 Å². The third-order valence-electron chi connectivity index (χ3n) is 2.36. The Bertz CT molecular complexity index is 588. The largest absolute Gasteiger partial charge is 0.397 e. The maximum Gasteiger partial charge on any atom is 0.269 e. The topological polar surface area (TPSA) is 80.9 Å². The lowest BCUT2D eigenvalue weighted by atomic mass is 10.2. The van der Waals surface area contributed by atoms with Crippen molar-refractivity contribution < 1.29 is 4.79 Å². The smallest absolute Gasteiger partial charge is 0.269 e. The second-order valence-corrected chi connectivity index (χ2v) is 5.46. The monoisotopic (exact) mass is 326 g/mol. The summed E-state index contributed by atoms with van der Waals surface area (Å²) in [6.45, 7) is 3.68. The van der Waals surface area contributed by atoms with Gasteiger partial charge in [0.2, 0.25) is 0 Å². The molecule has 0 saturated heterocycles. The van der Waals surface area contributed by atoms with Crippen LogP contribution in [0.3, 0.4) is 0 Å². The second-order valence-electron chi connectivity index (χ2n) is 3.85. The number of nitrogens with two attached hydrogens (primary N) is 1. The number of carbonyl (C=O) groups excluding carboxylic acids is 1. The first-order valence-corrected chi connectivity index (χ1v) is 6.71. The highest BCUT2D eigenvalue weighted by molar-refractivity contribution is 9.10. The number of anilines is 2. The zero-order valence-corrected chi connectivity index (χ0v) is 12.2. The lowest BCUT2D eigenvalue weighted by Crippen LogP contribution is -2.13. The molecule has 5 nitrogen and oxygen atoms in total. The van der Waals surface area contributed by atoms with Crippen molar-refractivity contribution in [2.45, 2.75) is 13.8 Å². The Hall–Kier alpha value is -1.47. The number of hydrogen-bond donors (Lipinski definition) is 2. The number of carbonyl (C=O) groups is 1. The Morgan fingerprint density at radius 3 is 2.72 bits per heavy atom. The second kappa shape index (κ2) is 5.03. The van der Waals surface area contributed by atoms with Gasteiger partial charge in [-0.2, -0.15) is 0 Å². The van der Waals surface area contributed by atoms with E-state index in [1.807, 2.05) is 13.0 Å². The van der Waals surface area contributed by atoms with Crippen LogP contribution in [0.25, 0.3) is 0 Å². The highest BCUT2D eigenvalue weighted by Crippen LogP contribution is 2.30. The fraction of sp³-hybridized carbons (Fsp3) is 0.182. The molecule has 0 aliphatic heterocycles. The molecule has 3 N–H and O–H groups in total. The molecule has 1 aromatic carbocycles. The molecule has 0 spiro atoms. The minimum absolute atomic E-state index is 0.251. The Morgan fingerprint density at radius 2 is 2.17 bits per heavy atom. The van der Waals surface area contributed by atoms with Crippen LogP contribution >= 0.6 is 27.5 Å². The first-order valence-electron chi connectivity index (χ1n) is 5.15. The zero-order chi connectivity index (χ0) is 13.3. The van der Waals surface area contributed by atoms with Crippen LogP contribution < -0.4 is 11.1 Å². The van der Waals surface area contributed by atoms with Gasteiger partial charge in [-0.1, -0.05) is 4.49 Å². The number of aryl methyl sites for hydroxylation is 2. The predicted molar refractivity (Wildman–Crippen MR) is 75.9 cm³/mol. The van der Waals surface area contributed by atoms with Crippen molar-refractivity contribution in [2.24, 2.45) is 0 Å². The Kier molecular flexibility index (Phi) is 3.63. The first-order chi connectivity index (χ1) is 8.49. The maximum atomic E-state index is 12.0. The summed E-state index contributed by atoms with van der Waals surface area (Å²) < 4.78 is 4.48. The summed E-state index contributed by atoms with van der Waals surface area (Å²) in [6, 6.07) is 3.70. The average molecular weight is 327 g/mol. The number of aromatic nitrogens is 2. The van der Waals surface area contributed by atoms with E-state index in [-0.39, 0.29) is 5.91 Å². The van der Waals surface area contributed by atoms with E-state index in [1.54, 1.807) is 13.0 Å². The molecule has 2 rings (SSSR count). The molecule has 7 heteroatoms. The van der Waals surface area contributed by atoms with Crippen LogP contribution in [-0.2, 0) is 0 Å². The Morgan fingerprint density at radius 1 is 1.44 bits per heavy atom. The molecule has 0 saturated carbocycles. The molecule has 2 aromatic rings. The average Bonchev–Trinajstić information content (AvgIpc) is 2.69. The summed E-state index contributed by atoms with van der Waals surface area (Å²) in [4.78, 5) is 12.5. The number of nitrogens with one attached hydrogen (secondary N) is 1. The van der Waals surface area contributed by atoms with Gasteiger partial charge in [0, 0.05) is 4.47 Å². The van der Waals surface area contributed by atoms with E-state index in [1.165, 1.54) is 0 Å². The van der Waals surface area contributed by atoms with Gasteiger partial charge in [0.25, 0.3) is 5.91 Å². The van der Waals surface area contributed by atoms with Gasteiger partial charge in [-0.05, 0) is 59.0 Å². The molecule has 0 bridgehead atoms. The molecule has 1 heterocycles. The van der Waals surface area contributed by atoms with Gasteiger partial charge in [0.05, 0.1) is 17.1 Å². The predicted octanol–water partition coefficient (Wildman–Crippen LogP) is 2.75. The van der Waals surface area contributed by atoms with Crippen LogP contribution in [0, 0.1) is 13.8 Å².